The van der Waals surface area contributed by atoms with E-state index in [0.717, 1.165) is 13.1 Å². The van der Waals surface area contributed by atoms with E-state index in [1.807, 2.05) is 48.5 Å². The van der Waals surface area contributed by atoms with Crippen LogP contribution in [0.3, 0.4) is 0 Å². The van der Waals surface area contributed by atoms with Crippen molar-refractivity contribution in [3.05, 3.63) is 137 Å². The molecule has 0 N–H and O–H groups in total. The summed E-state index contributed by atoms with van der Waals surface area (Å²) in [6, 6.07) is 31.2. The molecule has 5 nitrogen and oxygen atoms in total. The Kier molecular flexibility index (Phi) is 11.7. The Labute approximate surface area is 252 Å². The zero-order valence-corrected chi connectivity index (χ0v) is 24.2. The summed E-state index contributed by atoms with van der Waals surface area (Å²) < 4.78 is 12.7. The second kappa shape index (κ2) is 16.1. The molecule has 0 saturated carbocycles. The number of ketones is 4. The third-order valence-corrected chi connectivity index (χ3v) is 7.43. The Morgan fingerprint density at radius 2 is 0.814 bits per heavy atom. The summed E-state index contributed by atoms with van der Waals surface area (Å²) >= 11 is 0. The van der Waals surface area contributed by atoms with E-state index in [9.17, 15) is 23.6 Å². The largest absolute Gasteiger partial charge is 0.372 e. The zero-order valence-electron chi connectivity index (χ0n) is 24.2. The van der Waals surface area contributed by atoms with E-state index < -0.39 is 0 Å². The Morgan fingerprint density at radius 1 is 0.465 bits per heavy atom. The van der Waals surface area contributed by atoms with Gasteiger partial charge < -0.3 is 4.90 Å². The fourth-order valence-electron chi connectivity index (χ4n) is 4.93. The highest BCUT2D eigenvalue weighted by molar-refractivity contribution is 6.03. The van der Waals surface area contributed by atoms with Crippen molar-refractivity contribution in [3.8, 4) is 0 Å². The van der Waals surface area contributed by atoms with Crippen LogP contribution in [0.5, 0.6) is 0 Å². The average Bonchev–Trinajstić information content (AvgIpc) is 3.07. The number of anilines is 1. The number of piperidine rings is 1. The SMILES string of the molecule is O=C(CCC(=O)c1ccc(F)cc1)c1ccccc1.O=C(CCC(=O)c1ccc(N2CCCCC2)cc1)c1ccccc1. The molecule has 220 valence electrons. The molecule has 0 bridgehead atoms. The molecule has 6 heteroatoms. The fourth-order valence-corrected chi connectivity index (χ4v) is 4.93. The third kappa shape index (κ3) is 9.67. The van der Waals surface area contributed by atoms with E-state index in [-0.39, 0.29) is 54.6 Å². The van der Waals surface area contributed by atoms with Gasteiger partial charge in [0.1, 0.15) is 5.82 Å². The van der Waals surface area contributed by atoms with Crippen molar-refractivity contribution in [3.63, 3.8) is 0 Å². The lowest BCUT2D eigenvalue weighted by Crippen LogP contribution is -2.29. The van der Waals surface area contributed by atoms with Gasteiger partial charge in [0.05, 0.1) is 0 Å². The highest BCUT2D eigenvalue weighted by Gasteiger charge is 2.14. The molecule has 0 atom stereocenters. The van der Waals surface area contributed by atoms with E-state index >= 15 is 0 Å². The van der Waals surface area contributed by atoms with Gasteiger partial charge in [0.25, 0.3) is 0 Å². The topological polar surface area (TPSA) is 71.5 Å². The van der Waals surface area contributed by atoms with Crippen LogP contribution in [0.4, 0.5) is 10.1 Å². The van der Waals surface area contributed by atoms with Crippen molar-refractivity contribution >= 4 is 28.8 Å². The predicted octanol–water partition coefficient (Wildman–Crippen LogP) is 8.19. The quantitative estimate of drug-likeness (QED) is 0.168. The molecule has 1 heterocycles. The Morgan fingerprint density at radius 3 is 1.21 bits per heavy atom. The highest BCUT2D eigenvalue weighted by Crippen LogP contribution is 2.21. The number of hydrogen-bond acceptors (Lipinski definition) is 5. The standard InChI is InChI=1S/C21H23NO2.C16H13FO2/c23-20(17-7-3-1-4-8-17)13-14-21(24)18-9-11-19(12-10-18)22-15-5-2-6-16-22;17-14-8-6-13(7-9-14)16(19)11-10-15(18)12-4-2-1-3-5-12/h1,3-4,7-12H,2,5-6,13-16H2;1-9H,10-11H2. The van der Waals surface area contributed by atoms with Gasteiger partial charge in [-0.15, -0.1) is 0 Å². The smallest absolute Gasteiger partial charge is 0.163 e. The number of rotatable bonds is 11. The lowest BCUT2D eigenvalue weighted by atomic mass is 10.0. The molecule has 0 aromatic heterocycles. The lowest BCUT2D eigenvalue weighted by Gasteiger charge is -2.28. The van der Waals surface area contributed by atoms with Crippen LogP contribution in [0.2, 0.25) is 0 Å². The van der Waals surface area contributed by atoms with Gasteiger partial charge in [-0.3, -0.25) is 19.2 Å². The van der Waals surface area contributed by atoms with Crippen LogP contribution in [-0.4, -0.2) is 36.2 Å². The van der Waals surface area contributed by atoms with E-state index in [2.05, 4.69) is 4.90 Å². The highest BCUT2D eigenvalue weighted by atomic mass is 19.1. The number of Topliss-reactive ketones (excluding diaryl/α,β-unsaturated/α-hetero) is 4. The molecule has 0 radical (unpaired) electrons. The van der Waals surface area contributed by atoms with E-state index in [4.69, 9.17) is 0 Å². The molecular formula is C37H36FNO4. The zero-order chi connectivity index (χ0) is 30.4. The first kappa shape index (κ1) is 31.2. The van der Waals surface area contributed by atoms with Crippen molar-refractivity contribution in [2.24, 2.45) is 0 Å². The van der Waals surface area contributed by atoms with Crippen molar-refractivity contribution in [2.75, 3.05) is 18.0 Å². The molecule has 1 aliphatic rings. The minimum Gasteiger partial charge on any atom is -0.372 e. The molecule has 0 unspecified atom stereocenters. The fraction of sp³-hybridized carbons (Fsp3) is 0.243. The van der Waals surface area contributed by atoms with E-state index in [0.29, 0.717) is 22.3 Å². The van der Waals surface area contributed by atoms with E-state index in [1.54, 1.807) is 36.4 Å². The second-order valence-electron chi connectivity index (χ2n) is 10.5. The van der Waals surface area contributed by atoms with Gasteiger partial charge in [-0.2, -0.15) is 0 Å². The van der Waals surface area contributed by atoms with Gasteiger partial charge in [0.15, 0.2) is 23.1 Å². The Hall–Kier alpha value is -4.71. The van der Waals surface area contributed by atoms with Crippen LogP contribution in [0.25, 0.3) is 0 Å². The van der Waals surface area contributed by atoms with Crippen LogP contribution >= 0.6 is 0 Å². The van der Waals surface area contributed by atoms with Crippen LogP contribution < -0.4 is 4.90 Å². The number of halogens is 1. The predicted molar refractivity (Wildman–Crippen MR) is 168 cm³/mol. The average molecular weight is 578 g/mol. The molecule has 0 amide bonds. The maximum absolute atomic E-state index is 12.7. The molecule has 43 heavy (non-hydrogen) atoms. The molecule has 1 saturated heterocycles. The van der Waals surface area contributed by atoms with Gasteiger partial charge in [-0.1, -0.05) is 60.7 Å². The maximum atomic E-state index is 12.7. The van der Waals surface area contributed by atoms with Crippen molar-refractivity contribution in [1.29, 1.82) is 0 Å². The Bertz CT molecular complexity index is 1490. The van der Waals surface area contributed by atoms with Gasteiger partial charge >= 0.3 is 0 Å². The number of benzene rings is 4. The summed E-state index contributed by atoms with van der Waals surface area (Å²) in [5.74, 6) is -0.532. The second-order valence-corrected chi connectivity index (χ2v) is 10.5. The Balaban J connectivity index is 0.000000203. The first-order chi connectivity index (χ1) is 20.9. The maximum Gasteiger partial charge on any atom is 0.163 e. The lowest BCUT2D eigenvalue weighted by molar-refractivity contribution is 0.0917. The normalized spacial score (nSPS) is 12.5. The first-order valence-corrected chi connectivity index (χ1v) is 14.7. The monoisotopic (exact) mass is 577 g/mol. The van der Waals surface area contributed by atoms with Gasteiger partial charge in [0, 0.05) is 66.7 Å². The minimum absolute atomic E-state index is 0.0221. The molecule has 5 rings (SSSR count). The summed E-state index contributed by atoms with van der Waals surface area (Å²) in [5.41, 5.74) is 3.59. The summed E-state index contributed by atoms with van der Waals surface area (Å²) in [6.45, 7) is 2.19. The molecule has 4 aromatic carbocycles. The number of carbonyl (C=O) groups is 4. The summed E-state index contributed by atoms with van der Waals surface area (Å²) in [5, 5.41) is 0. The van der Waals surface area contributed by atoms with E-state index in [1.165, 1.54) is 49.2 Å². The summed E-state index contributed by atoms with van der Waals surface area (Å²) in [4.78, 5) is 50.4. The van der Waals surface area contributed by atoms with Crippen LogP contribution in [0.15, 0.2) is 109 Å². The first-order valence-electron chi connectivity index (χ1n) is 14.7. The number of hydrogen-bond donors (Lipinski definition) is 0. The van der Waals surface area contributed by atoms with Gasteiger partial charge in [0.2, 0.25) is 0 Å². The van der Waals surface area contributed by atoms with Gasteiger partial charge in [-0.25, -0.2) is 4.39 Å². The van der Waals surface area contributed by atoms with Crippen LogP contribution in [-0.2, 0) is 0 Å². The minimum atomic E-state index is -0.378. The molecule has 1 aliphatic heterocycles. The third-order valence-electron chi connectivity index (χ3n) is 7.43. The molecular weight excluding hydrogens is 541 g/mol. The molecule has 0 spiro atoms. The summed E-state index contributed by atoms with van der Waals surface area (Å²) in [6.07, 6.45) is 4.61. The van der Waals surface area contributed by atoms with Crippen molar-refractivity contribution < 1.29 is 23.6 Å². The molecule has 4 aromatic rings. The van der Waals surface area contributed by atoms with Crippen LogP contribution in [0.1, 0.15) is 86.4 Å². The number of nitrogens with zero attached hydrogens (tertiary/aromatic N) is 1. The summed E-state index contributed by atoms with van der Waals surface area (Å²) in [7, 11) is 0. The van der Waals surface area contributed by atoms with Gasteiger partial charge in [-0.05, 0) is 67.8 Å². The molecule has 1 fully saturated rings. The van der Waals surface area contributed by atoms with Crippen LogP contribution in [0, 0.1) is 5.82 Å². The molecule has 0 aliphatic carbocycles. The number of carbonyl (C=O) groups excluding carboxylic acids is 4. The van der Waals surface area contributed by atoms with Crippen molar-refractivity contribution in [1.82, 2.24) is 0 Å². The van der Waals surface area contributed by atoms with Crippen molar-refractivity contribution in [2.45, 2.75) is 44.9 Å².